The second-order valence-corrected chi connectivity index (χ2v) is 4.54. The largest absolute Gasteiger partial charge is 0.491 e. The van der Waals surface area contributed by atoms with Crippen LogP contribution < -0.4 is 15.8 Å². The van der Waals surface area contributed by atoms with E-state index in [1.165, 1.54) is 0 Å². The molecule has 0 unspecified atom stereocenters. The number of rotatable bonds is 6. The lowest BCUT2D eigenvalue weighted by Crippen LogP contribution is -2.26. The number of hydrogen-bond acceptors (Lipinski definition) is 4. The van der Waals surface area contributed by atoms with Crippen molar-refractivity contribution in [1.29, 1.82) is 0 Å². The summed E-state index contributed by atoms with van der Waals surface area (Å²) >= 11 is 0. The number of aryl methyl sites for hydroxylation is 1. The summed E-state index contributed by atoms with van der Waals surface area (Å²) in [5, 5.41) is 2.92. The maximum absolute atomic E-state index is 11.5. The first kappa shape index (κ1) is 12.8. The van der Waals surface area contributed by atoms with Gasteiger partial charge in [-0.3, -0.25) is 9.78 Å². The molecule has 1 fully saturated rings. The number of pyridine rings is 1. The summed E-state index contributed by atoms with van der Waals surface area (Å²) in [5.74, 6) is 0.717. The molecule has 98 valence electrons. The van der Waals surface area contributed by atoms with Gasteiger partial charge >= 0.3 is 0 Å². The van der Waals surface area contributed by atoms with E-state index in [9.17, 15) is 4.79 Å². The number of nitrogens with one attached hydrogen (secondary N) is 1. The Kier molecular flexibility index (Phi) is 4.15. The minimum atomic E-state index is 0.0480. The average molecular weight is 249 g/mol. The minimum absolute atomic E-state index is 0.0480. The number of hydrogen-bond donors (Lipinski definition) is 2. The average Bonchev–Trinajstić information content (AvgIpc) is 3.14. The van der Waals surface area contributed by atoms with Crippen molar-refractivity contribution in [2.45, 2.75) is 38.8 Å². The van der Waals surface area contributed by atoms with E-state index in [0.29, 0.717) is 31.4 Å². The highest BCUT2D eigenvalue weighted by molar-refractivity contribution is 5.76. The molecule has 5 nitrogen and oxygen atoms in total. The van der Waals surface area contributed by atoms with Crippen LogP contribution in [0.25, 0.3) is 0 Å². The molecule has 0 aromatic carbocycles. The first-order valence-corrected chi connectivity index (χ1v) is 6.28. The lowest BCUT2D eigenvalue weighted by atomic mass is 10.3. The predicted molar refractivity (Wildman–Crippen MR) is 68.1 cm³/mol. The summed E-state index contributed by atoms with van der Waals surface area (Å²) in [6.07, 6.45) is 2.58. The zero-order valence-corrected chi connectivity index (χ0v) is 10.6. The number of nitrogens with two attached hydrogens (primary N) is 1. The van der Waals surface area contributed by atoms with E-state index in [2.05, 4.69) is 10.3 Å². The van der Waals surface area contributed by atoms with Crippen molar-refractivity contribution in [2.24, 2.45) is 5.73 Å². The maximum Gasteiger partial charge on any atom is 0.223 e. The lowest BCUT2D eigenvalue weighted by molar-refractivity contribution is -0.121. The van der Waals surface area contributed by atoms with E-state index in [1.54, 1.807) is 0 Å². The van der Waals surface area contributed by atoms with Crippen LogP contribution in [0.2, 0.25) is 0 Å². The van der Waals surface area contributed by atoms with Crippen molar-refractivity contribution in [3.8, 4) is 5.75 Å². The summed E-state index contributed by atoms with van der Waals surface area (Å²) in [6, 6.07) is 4.13. The Morgan fingerprint density at radius 1 is 1.56 bits per heavy atom. The molecule has 1 heterocycles. The summed E-state index contributed by atoms with van der Waals surface area (Å²) < 4.78 is 5.55. The van der Waals surface area contributed by atoms with Crippen LogP contribution in [0.15, 0.2) is 12.1 Å². The van der Waals surface area contributed by atoms with Gasteiger partial charge in [0.2, 0.25) is 5.91 Å². The van der Waals surface area contributed by atoms with E-state index in [0.717, 1.165) is 24.2 Å². The fourth-order valence-corrected chi connectivity index (χ4v) is 1.66. The fourth-order valence-electron chi connectivity index (χ4n) is 1.66. The Balaban J connectivity index is 1.79. The van der Waals surface area contributed by atoms with Crippen molar-refractivity contribution < 1.29 is 9.53 Å². The van der Waals surface area contributed by atoms with Gasteiger partial charge in [0, 0.05) is 18.3 Å². The molecule has 0 bridgehead atoms. The van der Waals surface area contributed by atoms with E-state index >= 15 is 0 Å². The van der Waals surface area contributed by atoms with E-state index in [4.69, 9.17) is 10.5 Å². The van der Waals surface area contributed by atoms with Crippen LogP contribution in [0.3, 0.4) is 0 Å². The molecule has 1 aliphatic rings. The van der Waals surface area contributed by atoms with Crippen LogP contribution in [0.4, 0.5) is 0 Å². The molecule has 1 aromatic rings. The van der Waals surface area contributed by atoms with Crippen LogP contribution in [-0.4, -0.2) is 23.5 Å². The molecule has 5 heteroatoms. The molecule has 0 atom stereocenters. The van der Waals surface area contributed by atoms with Crippen LogP contribution in [-0.2, 0) is 11.3 Å². The fraction of sp³-hybridized carbons (Fsp3) is 0.538. The van der Waals surface area contributed by atoms with Crippen LogP contribution >= 0.6 is 0 Å². The van der Waals surface area contributed by atoms with Crippen molar-refractivity contribution >= 4 is 5.91 Å². The smallest absolute Gasteiger partial charge is 0.223 e. The van der Waals surface area contributed by atoms with Crippen LogP contribution in [0, 0.1) is 6.92 Å². The highest BCUT2D eigenvalue weighted by Crippen LogP contribution is 2.19. The van der Waals surface area contributed by atoms with Gasteiger partial charge in [0.25, 0.3) is 0 Å². The Hall–Kier alpha value is -1.62. The highest BCUT2D eigenvalue weighted by atomic mass is 16.5. The van der Waals surface area contributed by atoms with Gasteiger partial charge < -0.3 is 15.8 Å². The van der Waals surface area contributed by atoms with E-state index in [-0.39, 0.29) is 5.91 Å². The van der Waals surface area contributed by atoms with Gasteiger partial charge in [-0.2, -0.15) is 0 Å². The number of carbonyl (C=O) groups is 1. The Morgan fingerprint density at radius 3 is 3.00 bits per heavy atom. The quantitative estimate of drug-likeness (QED) is 0.785. The van der Waals surface area contributed by atoms with Gasteiger partial charge in [0.1, 0.15) is 5.75 Å². The zero-order chi connectivity index (χ0) is 13.0. The molecule has 0 radical (unpaired) electrons. The molecule has 1 amide bonds. The first-order valence-electron chi connectivity index (χ1n) is 6.28. The molecular weight excluding hydrogens is 230 g/mol. The van der Waals surface area contributed by atoms with Crippen molar-refractivity contribution in [2.75, 3.05) is 6.61 Å². The number of aromatic nitrogens is 1. The van der Waals surface area contributed by atoms with Crippen molar-refractivity contribution in [3.05, 3.63) is 23.5 Å². The van der Waals surface area contributed by atoms with Crippen molar-refractivity contribution in [1.82, 2.24) is 10.3 Å². The summed E-state index contributed by atoms with van der Waals surface area (Å²) in [6.45, 7) is 2.60. The minimum Gasteiger partial charge on any atom is -0.491 e. The maximum atomic E-state index is 11.5. The van der Waals surface area contributed by atoms with Gasteiger partial charge in [0.05, 0.1) is 18.7 Å². The Bertz CT molecular complexity index is 430. The summed E-state index contributed by atoms with van der Waals surface area (Å²) in [7, 11) is 0. The lowest BCUT2D eigenvalue weighted by Gasteiger charge is -2.10. The Labute approximate surface area is 107 Å². The molecule has 3 N–H and O–H groups in total. The van der Waals surface area contributed by atoms with Crippen LogP contribution in [0.1, 0.15) is 30.7 Å². The molecular formula is C13H19N3O2. The highest BCUT2D eigenvalue weighted by Gasteiger charge is 2.22. The molecule has 0 aliphatic heterocycles. The molecule has 1 aromatic heterocycles. The number of nitrogens with zero attached hydrogens (tertiary/aromatic N) is 1. The van der Waals surface area contributed by atoms with Gasteiger partial charge in [-0.15, -0.1) is 0 Å². The summed E-state index contributed by atoms with van der Waals surface area (Å²) in [5.41, 5.74) is 7.25. The number of carbonyl (C=O) groups excluding carboxylic acids is 1. The van der Waals surface area contributed by atoms with Crippen molar-refractivity contribution in [3.63, 3.8) is 0 Å². The third kappa shape index (κ3) is 3.70. The molecule has 1 aliphatic carbocycles. The summed E-state index contributed by atoms with van der Waals surface area (Å²) in [4.78, 5) is 15.8. The molecule has 1 saturated carbocycles. The standard InChI is InChI=1S/C13H19N3O2/c1-9-2-5-12(11(8-14)15-9)18-7-6-13(17)16-10-3-4-10/h2,5,10H,3-4,6-8,14H2,1H3,(H,16,17). The molecule has 0 saturated heterocycles. The Morgan fingerprint density at radius 2 is 2.33 bits per heavy atom. The monoisotopic (exact) mass is 249 g/mol. The third-order valence-electron chi connectivity index (χ3n) is 2.79. The second-order valence-electron chi connectivity index (χ2n) is 4.54. The number of ether oxygens (including phenoxy) is 1. The predicted octanol–water partition coefficient (Wildman–Crippen LogP) is 0.896. The first-order chi connectivity index (χ1) is 8.69. The molecule has 2 rings (SSSR count). The van der Waals surface area contributed by atoms with E-state index < -0.39 is 0 Å². The van der Waals surface area contributed by atoms with Gasteiger partial charge in [-0.05, 0) is 31.9 Å². The van der Waals surface area contributed by atoms with Gasteiger partial charge in [-0.25, -0.2) is 0 Å². The third-order valence-corrected chi connectivity index (χ3v) is 2.79. The zero-order valence-electron chi connectivity index (χ0n) is 10.6. The topological polar surface area (TPSA) is 77.2 Å². The van der Waals surface area contributed by atoms with Gasteiger partial charge in [0.15, 0.2) is 0 Å². The normalized spacial score (nSPS) is 14.3. The van der Waals surface area contributed by atoms with Gasteiger partial charge in [-0.1, -0.05) is 0 Å². The molecule has 0 spiro atoms. The van der Waals surface area contributed by atoms with E-state index in [1.807, 2.05) is 19.1 Å². The van der Waals surface area contributed by atoms with Crippen LogP contribution in [0.5, 0.6) is 5.75 Å². The number of amides is 1. The SMILES string of the molecule is Cc1ccc(OCCC(=O)NC2CC2)c(CN)n1. The second kappa shape index (κ2) is 5.82. The molecule has 18 heavy (non-hydrogen) atoms.